The van der Waals surface area contributed by atoms with Gasteiger partial charge < -0.3 is 5.32 Å². The van der Waals surface area contributed by atoms with Crippen LogP contribution in [0.15, 0.2) is 33.4 Å². The summed E-state index contributed by atoms with van der Waals surface area (Å²) >= 11 is 3.41. The number of nitrogens with one attached hydrogen (secondary N) is 1. The van der Waals surface area contributed by atoms with Crippen molar-refractivity contribution >= 4 is 21.6 Å². The molecule has 1 heterocycles. The third-order valence-corrected chi connectivity index (χ3v) is 2.52. The first-order valence-electron chi connectivity index (χ1n) is 4.53. The van der Waals surface area contributed by atoms with Gasteiger partial charge in [-0.15, -0.1) is 0 Å². The number of aryl methyl sites for hydroxylation is 1. The lowest BCUT2D eigenvalue weighted by molar-refractivity contribution is 0.301. The highest BCUT2D eigenvalue weighted by molar-refractivity contribution is 9.10. The number of aromatic nitrogens is 2. The van der Waals surface area contributed by atoms with Gasteiger partial charge in [0.25, 0.3) is 0 Å². The van der Waals surface area contributed by atoms with Crippen molar-refractivity contribution in [3.8, 4) is 0 Å². The smallest absolute Gasteiger partial charge is 0.127 e. The third-order valence-electron chi connectivity index (χ3n) is 2.03. The monoisotopic (exact) mass is 267 g/mol. The standard InChI is InChI=1S/C10H10BrN3O/c1-7-10(14-15-13-7)6-12-9-4-2-3-8(11)5-9/h2-5,12H,6H2,1H3. The first kappa shape index (κ1) is 10.2. The maximum absolute atomic E-state index is 4.61. The molecule has 1 N–H and O–H groups in total. The molecule has 0 radical (unpaired) electrons. The van der Waals surface area contributed by atoms with Gasteiger partial charge in [0.15, 0.2) is 0 Å². The molecule has 0 unspecified atom stereocenters. The number of rotatable bonds is 3. The minimum absolute atomic E-state index is 0.617. The quantitative estimate of drug-likeness (QED) is 0.929. The molecule has 1 aromatic heterocycles. The minimum Gasteiger partial charge on any atom is -0.379 e. The van der Waals surface area contributed by atoms with Crippen molar-refractivity contribution in [2.75, 3.05) is 5.32 Å². The zero-order valence-corrected chi connectivity index (χ0v) is 9.78. The number of halogens is 1. The molecule has 5 heteroatoms. The van der Waals surface area contributed by atoms with Crippen molar-refractivity contribution < 1.29 is 4.63 Å². The van der Waals surface area contributed by atoms with E-state index >= 15 is 0 Å². The highest BCUT2D eigenvalue weighted by Crippen LogP contribution is 2.16. The summed E-state index contributed by atoms with van der Waals surface area (Å²) in [6.45, 7) is 2.49. The Hall–Kier alpha value is -1.36. The van der Waals surface area contributed by atoms with Gasteiger partial charge in [-0.3, -0.25) is 0 Å². The third kappa shape index (κ3) is 2.56. The molecule has 0 saturated heterocycles. The highest BCUT2D eigenvalue weighted by atomic mass is 79.9. The van der Waals surface area contributed by atoms with Crippen molar-refractivity contribution in [2.24, 2.45) is 0 Å². The fourth-order valence-electron chi connectivity index (χ4n) is 1.19. The number of hydrogen-bond acceptors (Lipinski definition) is 4. The molecule has 0 bridgehead atoms. The summed E-state index contributed by atoms with van der Waals surface area (Å²) in [5, 5.41) is 10.7. The maximum atomic E-state index is 4.61. The van der Waals surface area contributed by atoms with Gasteiger partial charge in [-0.2, -0.15) is 0 Å². The Bertz CT molecular complexity index is 455. The van der Waals surface area contributed by atoms with E-state index in [1.807, 2.05) is 31.2 Å². The van der Waals surface area contributed by atoms with Crippen LogP contribution in [0.5, 0.6) is 0 Å². The van der Waals surface area contributed by atoms with Crippen molar-refractivity contribution in [1.29, 1.82) is 0 Å². The SMILES string of the molecule is Cc1nonc1CNc1cccc(Br)c1. The Kier molecular flexibility index (Phi) is 3.01. The summed E-state index contributed by atoms with van der Waals surface area (Å²) in [4.78, 5) is 0. The number of anilines is 1. The van der Waals surface area contributed by atoms with Gasteiger partial charge in [-0.1, -0.05) is 32.3 Å². The van der Waals surface area contributed by atoms with Crippen LogP contribution in [0.3, 0.4) is 0 Å². The zero-order chi connectivity index (χ0) is 10.7. The second-order valence-electron chi connectivity index (χ2n) is 3.16. The van der Waals surface area contributed by atoms with Gasteiger partial charge >= 0.3 is 0 Å². The van der Waals surface area contributed by atoms with Crippen LogP contribution in [-0.2, 0) is 6.54 Å². The lowest BCUT2D eigenvalue weighted by Gasteiger charge is -2.04. The Morgan fingerprint density at radius 2 is 2.27 bits per heavy atom. The van der Waals surface area contributed by atoms with E-state index in [9.17, 15) is 0 Å². The van der Waals surface area contributed by atoms with Crippen LogP contribution < -0.4 is 5.32 Å². The molecule has 78 valence electrons. The molecule has 0 aliphatic carbocycles. The molecule has 4 nitrogen and oxygen atoms in total. The normalized spacial score (nSPS) is 10.3. The predicted molar refractivity (Wildman–Crippen MR) is 60.5 cm³/mol. The fourth-order valence-corrected chi connectivity index (χ4v) is 1.59. The van der Waals surface area contributed by atoms with Gasteiger partial charge in [-0.05, 0) is 25.1 Å². The van der Waals surface area contributed by atoms with E-state index in [0.717, 1.165) is 21.5 Å². The van der Waals surface area contributed by atoms with Crippen LogP contribution in [-0.4, -0.2) is 10.3 Å². The Balaban J connectivity index is 2.02. The van der Waals surface area contributed by atoms with E-state index < -0.39 is 0 Å². The van der Waals surface area contributed by atoms with E-state index in [4.69, 9.17) is 0 Å². The molecule has 2 aromatic rings. The molecular weight excluding hydrogens is 258 g/mol. The lowest BCUT2D eigenvalue weighted by Crippen LogP contribution is -2.00. The summed E-state index contributed by atoms with van der Waals surface area (Å²) in [6.07, 6.45) is 0. The zero-order valence-electron chi connectivity index (χ0n) is 8.20. The van der Waals surface area contributed by atoms with E-state index in [1.54, 1.807) is 0 Å². The molecular formula is C10H10BrN3O. The average Bonchev–Trinajstić information content (AvgIpc) is 2.61. The molecule has 0 saturated carbocycles. The topological polar surface area (TPSA) is 51.0 Å². The molecule has 1 aromatic carbocycles. The van der Waals surface area contributed by atoms with Crippen LogP contribution in [0.4, 0.5) is 5.69 Å². The Labute approximate surface area is 95.8 Å². The van der Waals surface area contributed by atoms with E-state index in [0.29, 0.717) is 6.54 Å². The number of hydrogen-bond donors (Lipinski definition) is 1. The van der Waals surface area contributed by atoms with Gasteiger partial charge in [0.05, 0.1) is 6.54 Å². The van der Waals surface area contributed by atoms with E-state index in [2.05, 4.69) is 36.2 Å². The second-order valence-corrected chi connectivity index (χ2v) is 4.08. The largest absolute Gasteiger partial charge is 0.379 e. The predicted octanol–water partition coefficient (Wildman–Crippen LogP) is 2.75. The minimum atomic E-state index is 0.617. The van der Waals surface area contributed by atoms with E-state index in [-0.39, 0.29) is 0 Å². The maximum Gasteiger partial charge on any atom is 0.127 e. The first-order valence-corrected chi connectivity index (χ1v) is 5.32. The molecule has 15 heavy (non-hydrogen) atoms. The molecule has 2 rings (SSSR count). The van der Waals surface area contributed by atoms with Crippen molar-refractivity contribution in [1.82, 2.24) is 10.3 Å². The van der Waals surface area contributed by atoms with Crippen LogP contribution in [0.1, 0.15) is 11.4 Å². The van der Waals surface area contributed by atoms with Gasteiger partial charge in [-0.25, -0.2) is 4.63 Å². The van der Waals surface area contributed by atoms with Crippen LogP contribution >= 0.6 is 15.9 Å². The lowest BCUT2D eigenvalue weighted by atomic mass is 10.3. The van der Waals surface area contributed by atoms with Gasteiger partial charge in [0, 0.05) is 10.2 Å². The van der Waals surface area contributed by atoms with Crippen LogP contribution in [0.25, 0.3) is 0 Å². The molecule has 0 amide bonds. The van der Waals surface area contributed by atoms with Crippen LogP contribution in [0.2, 0.25) is 0 Å². The summed E-state index contributed by atoms with van der Waals surface area (Å²) in [6, 6.07) is 7.95. The molecule has 0 atom stereocenters. The number of benzene rings is 1. The molecule has 0 aliphatic heterocycles. The fraction of sp³-hybridized carbons (Fsp3) is 0.200. The summed E-state index contributed by atoms with van der Waals surface area (Å²) in [5.41, 5.74) is 2.68. The van der Waals surface area contributed by atoms with Crippen molar-refractivity contribution in [2.45, 2.75) is 13.5 Å². The van der Waals surface area contributed by atoms with Gasteiger partial charge in [0.1, 0.15) is 11.4 Å². The van der Waals surface area contributed by atoms with Crippen molar-refractivity contribution in [3.63, 3.8) is 0 Å². The first-order chi connectivity index (χ1) is 7.25. The summed E-state index contributed by atoms with van der Waals surface area (Å²) in [5.74, 6) is 0. The molecule has 0 aliphatic rings. The Morgan fingerprint density at radius 3 is 2.93 bits per heavy atom. The average molecular weight is 268 g/mol. The number of nitrogens with zero attached hydrogens (tertiary/aromatic N) is 2. The second kappa shape index (κ2) is 4.44. The van der Waals surface area contributed by atoms with Crippen molar-refractivity contribution in [3.05, 3.63) is 40.1 Å². The summed E-state index contributed by atoms with van der Waals surface area (Å²) < 4.78 is 5.65. The Morgan fingerprint density at radius 1 is 1.40 bits per heavy atom. The summed E-state index contributed by atoms with van der Waals surface area (Å²) in [7, 11) is 0. The molecule has 0 fully saturated rings. The van der Waals surface area contributed by atoms with E-state index in [1.165, 1.54) is 0 Å². The van der Waals surface area contributed by atoms with Crippen LogP contribution in [0, 0.1) is 6.92 Å². The molecule has 0 spiro atoms. The van der Waals surface area contributed by atoms with Gasteiger partial charge in [0.2, 0.25) is 0 Å². The highest BCUT2D eigenvalue weighted by Gasteiger charge is 2.03.